The molecular weight excluding hydrogens is 467 g/mol. The van der Waals surface area contributed by atoms with Crippen molar-refractivity contribution in [3.63, 3.8) is 0 Å². The van der Waals surface area contributed by atoms with Gasteiger partial charge >= 0.3 is 0 Å². The summed E-state index contributed by atoms with van der Waals surface area (Å²) in [6.07, 6.45) is 5.88. The Labute approximate surface area is 207 Å². The predicted octanol–water partition coefficient (Wildman–Crippen LogP) is 1.79. The predicted molar refractivity (Wildman–Crippen MR) is 129 cm³/mol. The van der Waals surface area contributed by atoms with Gasteiger partial charge in [-0.1, -0.05) is 19.0 Å². The number of ether oxygens (including phenoxy) is 1. The summed E-state index contributed by atoms with van der Waals surface area (Å²) >= 11 is 0. The molecule has 0 spiro atoms. The van der Waals surface area contributed by atoms with Crippen molar-refractivity contribution in [1.82, 2.24) is 30.0 Å². The summed E-state index contributed by atoms with van der Waals surface area (Å²) in [6.45, 7) is 6.65. The summed E-state index contributed by atoms with van der Waals surface area (Å²) in [7, 11) is 0. The van der Waals surface area contributed by atoms with Gasteiger partial charge in [-0.25, -0.2) is 14.4 Å². The van der Waals surface area contributed by atoms with E-state index in [0.29, 0.717) is 36.5 Å². The zero-order valence-corrected chi connectivity index (χ0v) is 20.4. The van der Waals surface area contributed by atoms with Crippen LogP contribution in [0, 0.1) is 11.7 Å². The van der Waals surface area contributed by atoms with Gasteiger partial charge in [0.05, 0.1) is 18.4 Å². The maximum absolute atomic E-state index is 13.7. The fourth-order valence-corrected chi connectivity index (χ4v) is 4.78. The van der Waals surface area contributed by atoms with Crippen LogP contribution in [0.15, 0.2) is 40.0 Å². The van der Waals surface area contributed by atoms with E-state index in [0.717, 1.165) is 32.0 Å². The van der Waals surface area contributed by atoms with E-state index in [1.165, 1.54) is 16.8 Å². The van der Waals surface area contributed by atoms with Crippen LogP contribution >= 0.6 is 0 Å². The number of anilines is 1. The SMILES string of the molecule is CC(C)c1noc(C(Oc2cnc(N3CC(N)C(n4cc(F)ccc4=O)C3)nc2)C2CCNCC2)n1. The molecule has 0 radical (unpaired) electrons. The minimum absolute atomic E-state index is 0.151. The van der Waals surface area contributed by atoms with Crippen LogP contribution in [0.4, 0.5) is 10.3 Å². The van der Waals surface area contributed by atoms with Crippen molar-refractivity contribution in [2.45, 2.75) is 50.8 Å². The summed E-state index contributed by atoms with van der Waals surface area (Å²) in [5, 5.41) is 7.48. The van der Waals surface area contributed by atoms with Crippen LogP contribution in [0.25, 0.3) is 0 Å². The Morgan fingerprint density at radius 1 is 1.19 bits per heavy atom. The van der Waals surface area contributed by atoms with E-state index in [1.54, 1.807) is 12.4 Å². The Kier molecular flexibility index (Phi) is 6.97. The third kappa shape index (κ3) is 5.09. The standard InChI is InChI=1S/C24H31FN8O3/c1-14(2)22-30-23(36-31-22)21(15-5-7-27-8-6-15)35-17-9-28-24(29-10-17)32-12-18(26)19(13-32)33-11-16(25)3-4-20(33)34/h3-4,9-11,14-15,18-19,21,27H,5-8,12-13,26H2,1-2H3. The fraction of sp³-hybridized carbons (Fsp3) is 0.542. The molecule has 192 valence electrons. The minimum Gasteiger partial charge on any atom is -0.477 e. The molecule has 2 aliphatic rings. The van der Waals surface area contributed by atoms with E-state index in [4.69, 9.17) is 15.0 Å². The molecule has 3 aromatic rings. The third-order valence-electron chi connectivity index (χ3n) is 6.78. The van der Waals surface area contributed by atoms with E-state index >= 15 is 0 Å². The van der Waals surface area contributed by atoms with Gasteiger partial charge in [0.15, 0.2) is 17.7 Å². The molecule has 12 heteroatoms. The Morgan fingerprint density at radius 3 is 2.64 bits per heavy atom. The van der Waals surface area contributed by atoms with Crippen molar-refractivity contribution in [2.75, 3.05) is 31.1 Å². The maximum Gasteiger partial charge on any atom is 0.268 e. The first-order chi connectivity index (χ1) is 17.4. The molecule has 0 saturated carbocycles. The Balaban J connectivity index is 1.31. The molecule has 3 atom stereocenters. The summed E-state index contributed by atoms with van der Waals surface area (Å²) in [6, 6.07) is 1.60. The molecule has 0 aromatic carbocycles. The molecule has 0 bridgehead atoms. The van der Waals surface area contributed by atoms with Crippen molar-refractivity contribution >= 4 is 5.95 Å². The molecule has 3 aromatic heterocycles. The zero-order chi connectivity index (χ0) is 25.2. The molecule has 2 fully saturated rings. The topological polar surface area (TPSA) is 137 Å². The lowest BCUT2D eigenvalue weighted by Gasteiger charge is -2.28. The molecule has 5 rings (SSSR count). The first-order valence-electron chi connectivity index (χ1n) is 12.3. The number of pyridine rings is 1. The molecule has 0 aliphatic carbocycles. The lowest BCUT2D eigenvalue weighted by molar-refractivity contribution is 0.0800. The van der Waals surface area contributed by atoms with Crippen LogP contribution in [-0.4, -0.2) is 56.9 Å². The van der Waals surface area contributed by atoms with E-state index in [9.17, 15) is 9.18 Å². The Hall–Kier alpha value is -3.38. The molecular formula is C24H31FN8O3. The second kappa shape index (κ2) is 10.3. The Morgan fingerprint density at radius 2 is 1.94 bits per heavy atom. The molecule has 5 heterocycles. The largest absolute Gasteiger partial charge is 0.477 e. The number of halogens is 1. The van der Waals surface area contributed by atoms with Gasteiger partial charge in [-0.3, -0.25) is 4.79 Å². The van der Waals surface area contributed by atoms with Crippen molar-refractivity contribution in [1.29, 1.82) is 0 Å². The fourth-order valence-electron chi connectivity index (χ4n) is 4.78. The molecule has 36 heavy (non-hydrogen) atoms. The maximum atomic E-state index is 13.7. The minimum atomic E-state index is -0.483. The van der Waals surface area contributed by atoms with Crippen LogP contribution in [0.3, 0.4) is 0 Å². The highest BCUT2D eigenvalue weighted by molar-refractivity contribution is 5.35. The smallest absolute Gasteiger partial charge is 0.268 e. The number of hydrogen-bond acceptors (Lipinski definition) is 10. The van der Waals surface area contributed by atoms with Crippen LogP contribution in [0.1, 0.15) is 56.5 Å². The van der Waals surface area contributed by atoms with E-state index in [-0.39, 0.29) is 29.5 Å². The van der Waals surface area contributed by atoms with Gasteiger partial charge in [-0.15, -0.1) is 0 Å². The summed E-state index contributed by atoms with van der Waals surface area (Å²) in [5.41, 5.74) is 5.99. The number of rotatable bonds is 7. The van der Waals surface area contributed by atoms with Gasteiger partial charge in [0.1, 0.15) is 5.82 Å². The highest BCUT2D eigenvalue weighted by atomic mass is 19.1. The highest BCUT2D eigenvalue weighted by Crippen LogP contribution is 2.33. The molecule has 3 unspecified atom stereocenters. The lowest BCUT2D eigenvalue weighted by Crippen LogP contribution is -2.36. The normalized spacial score (nSPS) is 21.8. The number of piperidine rings is 1. The van der Waals surface area contributed by atoms with Gasteiger partial charge in [0.25, 0.3) is 11.4 Å². The van der Waals surface area contributed by atoms with Gasteiger partial charge in [0.2, 0.25) is 5.95 Å². The molecule has 2 saturated heterocycles. The quantitative estimate of drug-likeness (QED) is 0.496. The zero-order valence-electron chi connectivity index (χ0n) is 20.4. The van der Waals surface area contributed by atoms with Gasteiger partial charge < -0.3 is 29.8 Å². The highest BCUT2D eigenvalue weighted by Gasteiger charge is 2.34. The van der Waals surface area contributed by atoms with E-state index in [2.05, 4.69) is 25.4 Å². The summed E-state index contributed by atoms with van der Waals surface area (Å²) < 4.78 is 27.0. The van der Waals surface area contributed by atoms with Crippen LogP contribution in [-0.2, 0) is 0 Å². The first kappa shape index (κ1) is 24.3. The first-order valence-corrected chi connectivity index (χ1v) is 12.3. The van der Waals surface area contributed by atoms with Gasteiger partial charge in [-0.2, -0.15) is 4.98 Å². The third-order valence-corrected chi connectivity index (χ3v) is 6.78. The van der Waals surface area contributed by atoms with Crippen LogP contribution in [0.5, 0.6) is 5.75 Å². The number of nitrogens with zero attached hydrogens (tertiary/aromatic N) is 6. The monoisotopic (exact) mass is 498 g/mol. The molecule has 0 amide bonds. The van der Waals surface area contributed by atoms with Gasteiger partial charge in [0, 0.05) is 43.2 Å². The van der Waals surface area contributed by atoms with E-state index < -0.39 is 11.9 Å². The number of hydrogen-bond donors (Lipinski definition) is 2. The number of nitrogens with one attached hydrogen (secondary N) is 1. The second-order valence-electron chi connectivity index (χ2n) is 9.72. The van der Waals surface area contributed by atoms with E-state index in [1.807, 2.05) is 18.7 Å². The second-order valence-corrected chi connectivity index (χ2v) is 9.72. The van der Waals surface area contributed by atoms with Gasteiger partial charge in [-0.05, 0) is 32.0 Å². The molecule has 2 aliphatic heterocycles. The van der Waals surface area contributed by atoms with Crippen molar-refractivity contribution in [3.05, 3.63) is 58.6 Å². The van der Waals surface area contributed by atoms with Crippen LogP contribution in [0.2, 0.25) is 0 Å². The molecule has 11 nitrogen and oxygen atoms in total. The lowest BCUT2D eigenvalue weighted by atomic mass is 9.92. The van der Waals surface area contributed by atoms with Crippen LogP contribution < -0.4 is 26.2 Å². The Bertz CT molecular complexity index is 1220. The number of nitrogens with two attached hydrogens (primary N) is 1. The molecule has 3 N–H and O–H groups in total. The van der Waals surface area contributed by atoms with Crippen molar-refractivity contribution in [3.8, 4) is 5.75 Å². The summed E-state index contributed by atoms with van der Waals surface area (Å²) in [5.74, 6) is 1.95. The summed E-state index contributed by atoms with van der Waals surface area (Å²) in [4.78, 5) is 27.7. The average Bonchev–Trinajstić information content (AvgIpc) is 3.52. The van der Waals surface area contributed by atoms with Crippen molar-refractivity contribution < 1.29 is 13.7 Å². The average molecular weight is 499 g/mol. The number of aromatic nitrogens is 5. The van der Waals surface area contributed by atoms with Crippen molar-refractivity contribution in [2.24, 2.45) is 11.7 Å².